The molecule has 0 aliphatic carbocycles. The van der Waals surface area contributed by atoms with Crippen molar-refractivity contribution in [2.45, 2.75) is 13.0 Å². The fourth-order valence-corrected chi connectivity index (χ4v) is 1.73. The monoisotopic (exact) mass is 272 g/mol. The molecular formula is C11H12N8O. The van der Waals surface area contributed by atoms with Crippen molar-refractivity contribution in [3.8, 4) is 0 Å². The second-order valence-electron chi connectivity index (χ2n) is 4.13. The number of nitrogens with zero attached hydrogens (tertiary/aromatic N) is 5. The maximum Gasteiger partial charge on any atom is 0.183 e. The van der Waals surface area contributed by atoms with Crippen LogP contribution >= 0.6 is 0 Å². The lowest BCUT2D eigenvalue weighted by molar-refractivity contribution is 0.601. The summed E-state index contributed by atoms with van der Waals surface area (Å²) in [5.74, 6) is 1.26. The third-order valence-electron chi connectivity index (χ3n) is 2.64. The number of rotatable bonds is 5. The van der Waals surface area contributed by atoms with Crippen LogP contribution in [0.4, 0.5) is 11.5 Å². The molecule has 3 heterocycles. The number of anilines is 2. The lowest BCUT2D eigenvalue weighted by Crippen LogP contribution is -2.03. The fourth-order valence-electron chi connectivity index (χ4n) is 1.73. The highest BCUT2D eigenvalue weighted by Crippen LogP contribution is 2.11. The Morgan fingerprint density at radius 2 is 2.35 bits per heavy atom. The van der Waals surface area contributed by atoms with Crippen LogP contribution in [0.2, 0.25) is 0 Å². The van der Waals surface area contributed by atoms with Crippen LogP contribution in [-0.2, 0) is 13.0 Å². The Morgan fingerprint density at radius 3 is 3.15 bits per heavy atom. The number of hydrogen-bond acceptors (Lipinski definition) is 6. The van der Waals surface area contributed by atoms with E-state index in [1.165, 1.54) is 12.1 Å². The Balaban J connectivity index is 1.63. The molecule has 0 aliphatic heterocycles. The maximum absolute atomic E-state index is 11.2. The van der Waals surface area contributed by atoms with Gasteiger partial charge in [0, 0.05) is 37.5 Å². The Bertz CT molecular complexity index is 729. The molecule has 0 unspecified atom stereocenters. The Labute approximate surface area is 113 Å². The SMILES string of the molecule is O=c1cc[nH]c(Nc2cnn(CCc3nn[nH]n3)c2)c1. The van der Waals surface area contributed by atoms with Gasteiger partial charge in [0.05, 0.1) is 11.9 Å². The van der Waals surface area contributed by atoms with Gasteiger partial charge in [0.2, 0.25) is 0 Å². The van der Waals surface area contributed by atoms with Gasteiger partial charge in [-0.05, 0) is 0 Å². The number of tetrazole rings is 1. The Hall–Kier alpha value is -2.97. The highest BCUT2D eigenvalue weighted by Gasteiger charge is 2.02. The van der Waals surface area contributed by atoms with Crippen LogP contribution in [0.3, 0.4) is 0 Å². The van der Waals surface area contributed by atoms with Crippen LogP contribution in [0.5, 0.6) is 0 Å². The highest BCUT2D eigenvalue weighted by molar-refractivity contribution is 5.53. The van der Waals surface area contributed by atoms with Gasteiger partial charge in [-0.1, -0.05) is 5.21 Å². The van der Waals surface area contributed by atoms with E-state index >= 15 is 0 Å². The topological polar surface area (TPSA) is 117 Å². The zero-order valence-corrected chi connectivity index (χ0v) is 10.4. The highest BCUT2D eigenvalue weighted by atomic mass is 16.1. The molecule has 0 aliphatic rings. The number of nitrogens with one attached hydrogen (secondary N) is 3. The summed E-state index contributed by atoms with van der Waals surface area (Å²) in [7, 11) is 0. The summed E-state index contributed by atoms with van der Waals surface area (Å²) < 4.78 is 1.76. The van der Waals surface area contributed by atoms with Crippen LogP contribution in [0, 0.1) is 0 Å². The van der Waals surface area contributed by atoms with Crippen LogP contribution in [0.25, 0.3) is 0 Å². The summed E-state index contributed by atoms with van der Waals surface area (Å²) in [5.41, 5.74) is 0.732. The molecule has 0 atom stereocenters. The molecule has 3 rings (SSSR count). The lowest BCUT2D eigenvalue weighted by atomic mass is 10.4. The summed E-state index contributed by atoms with van der Waals surface area (Å²) in [6, 6.07) is 2.94. The summed E-state index contributed by atoms with van der Waals surface area (Å²) in [6.45, 7) is 0.645. The summed E-state index contributed by atoms with van der Waals surface area (Å²) in [6.07, 6.45) is 5.75. The standard InChI is InChI=1S/C11H12N8O/c20-9-1-3-12-11(5-9)14-8-6-13-19(7-8)4-2-10-15-17-18-16-10/h1,3,5-7H,2,4H2,(H2,12,14,20)(H,15,16,17,18). The van der Waals surface area contributed by atoms with E-state index in [0.29, 0.717) is 24.6 Å². The number of H-pyrrole nitrogens is 2. The minimum Gasteiger partial charge on any atom is -0.348 e. The van der Waals surface area contributed by atoms with E-state index in [4.69, 9.17) is 0 Å². The minimum absolute atomic E-state index is 0.0595. The number of pyridine rings is 1. The molecule has 3 aromatic rings. The first kappa shape index (κ1) is 12.1. The third-order valence-corrected chi connectivity index (χ3v) is 2.64. The van der Waals surface area contributed by atoms with E-state index in [2.05, 4.69) is 36.0 Å². The molecule has 0 saturated carbocycles. The van der Waals surface area contributed by atoms with Gasteiger partial charge in [-0.15, -0.1) is 10.2 Å². The van der Waals surface area contributed by atoms with Crippen molar-refractivity contribution in [2.24, 2.45) is 0 Å². The predicted molar refractivity (Wildman–Crippen MR) is 70.5 cm³/mol. The third kappa shape index (κ3) is 2.88. The summed E-state index contributed by atoms with van der Waals surface area (Å²) in [5, 5.41) is 20.9. The van der Waals surface area contributed by atoms with Crippen molar-refractivity contribution in [1.82, 2.24) is 35.4 Å². The molecule has 3 aromatic heterocycles. The van der Waals surface area contributed by atoms with Crippen molar-refractivity contribution in [3.63, 3.8) is 0 Å². The maximum atomic E-state index is 11.2. The van der Waals surface area contributed by atoms with Crippen molar-refractivity contribution in [1.29, 1.82) is 0 Å². The summed E-state index contributed by atoms with van der Waals surface area (Å²) in [4.78, 5) is 14.2. The zero-order chi connectivity index (χ0) is 13.8. The molecule has 0 spiro atoms. The van der Waals surface area contributed by atoms with E-state index in [-0.39, 0.29) is 5.43 Å². The van der Waals surface area contributed by atoms with E-state index in [1.54, 1.807) is 17.1 Å². The molecule has 0 bridgehead atoms. The number of aromatic amines is 2. The predicted octanol–water partition coefficient (Wildman–Crippen LogP) is 0.0708. The second kappa shape index (κ2) is 5.34. The molecule has 20 heavy (non-hydrogen) atoms. The first-order valence-electron chi connectivity index (χ1n) is 6.00. The van der Waals surface area contributed by atoms with E-state index in [9.17, 15) is 4.79 Å². The van der Waals surface area contributed by atoms with Gasteiger partial charge in [-0.3, -0.25) is 9.48 Å². The van der Waals surface area contributed by atoms with E-state index in [0.717, 1.165) is 5.69 Å². The van der Waals surface area contributed by atoms with Gasteiger partial charge in [-0.2, -0.15) is 10.3 Å². The van der Waals surface area contributed by atoms with E-state index in [1.807, 2.05) is 6.20 Å². The van der Waals surface area contributed by atoms with Gasteiger partial charge in [0.25, 0.3) is 0 Å². The molecule has 0 amide bonds. The van der Waals surface area contributed by atoms with Gasteiger partial charge < -0.3 is 10.3 Å². The molecule has 9 heteroatoms. The first-order chi connectivity index (χ1) is 9.79. The van der Waals surface area contributed by atoms with Gasteiger partial charge >= 0.3 is 0 Å². The van der Waals surface area contributed by atoms with Crippen LogP contribution in [0.15, 0.2) is 35.5 Å². The largest absolute Gasteiger partial charge is 0.348 e. The van der Waals surface area contributed by atoms with Crippen molar-refractivity contribution < 1.29 is 0 Å². The second-order valence-corrected chi connectivity index (χ2v) is 4.13. The molecule has 3 N–H and O–H groups in total. The van der Waals surface area contributed by atoms with Gasteiger partial charge in [0.1, 0.15) is 5.82 Å². The molecule has 0 aromatic carbocycles. The minimum atomic E-state index is -0.0595. The lowest BCUT2D eigenvalue weighted by Gasteiger charge is -2.01. The molecular weight excluding hydrogens is 260 g/mol. The fraction of sp³-hybridized carbons (Fsp3) is 0.182. The summed E-state index contributed by atoms with van der Waals surface area (Å²) >= 11 is 0. The van der Waals surface area contributed by atoms with Gasteiger partial charge in [0.15, 0.2) is 11.3 Å². The molecule has 0 saturated heterocycles. The average molecular weight is 272 g/mol. The smallest absolute Gasteiger partial charge is 0.183 e. The quantitative estimate of drug-likeness (QED) is 0.605. The number of hydrogen-bond donors (Lipinski definition) is 3. The van der Waals surface area contributed by atoms with Crippen LogP contribution < -0.4 is 10.7 Å². The Morgan fingerprint density at radius 1 is 1.40 bits per heavy atom. The average Bonchev–Trinajstić information content (AvgIpc) is 3.07. The normalized spacial score (nSPS) is 10.6. The Kier molecular flexibility index (Phi) is 3.23. The first-order valence-corrected chi connectivity index (χ1v) is 6.00. The van der Waals surface area contributed by atoms with Gasteiger partial charge in [-0.25, -0.2) is 0 Å². The van der Waals surface area contributed by atoms with Crippen LogP contribution in [0.1, 0.15) is 5.82 Å². The molecule has 0 fully saturated rings. The molecule has 102 valence electrons. The van der Waals surface area contributed by atoms with Crippen molar-refractivity contribution >= 4 is 11.5 Å². The molecule has 9 nitrogen and oxygen atoms in total. The molecule has 0 radical (unpaired) electrons. The zero-order valence-electron chi connectivity index (χ0n) is 10.4. The van der Waals surface area contributed by atoms with Crippen molar-refractivity contribution in [3.05, 3.63) is 46.8 Å². The number of aryl methyl sites for hydroxylation is 2. The number of aromatic nitrogens is 7. The van der Waals surface area contributed by atoms with E-state index < -0.39 is 0 Å². The van der Waals surface area contributed by atoms with Crippen LogP contribution in [-0.4, -0.2) is 35.4 Å². The van der Waals surface area contributed by atoms with Crippen molar-refractivity contribution in [2.75, 3.05) is 5.32 Å².